The summed E-state index contributed by atoms with van der Waals surface area (Å²) in [5, 5.41) is 5.81. The van der Waals surface area contributed by atoms with Gasteiger partial charge in [-0.05, 0) is 37.2 Å². The van der Waals surface area contributed by atoms with Crippen molar-refractivity contribution in [2.24, 2.45) is 0 Å². The predicted octanol–water partition coefficient (Wildman–Crippen LogP) is 1.14. The van der Waals surface area contributed by atoms with Crippen LogP contribution in [0.3, 0.4) is 0 Å². The van der Waals surface area contributed by atoms with Gasteiger partial charge in [0.2, 0.25) is 11.8 Å². The van der Waals surface area contributed by atoms with Crippen LogP contribution in [0.1, 0.15) is 18.9 Å². The molecule has 0 aromatic heterocycles. The number of nitrogens with zero attached hydrogens (tertiary/aromatic N) is 1. The van der Waals surface area contributed by atoms with Crippen LogP contribution < -0.4 is 15.5 Å². The smallest absolute Gasteiger partial charge is 0.225 e. The lowest BCUT2D eigenvalue weighted by molar-refractivity contribution is -0.117. The zero-order valence-corrected chi connectivity index (χ0v) is 11.3. The molecule has 0 bridgehead atoms. The van der Waals surface area contributed by atoms with Crippen molar-refractivity contribution in [1.82, 2.24) is 5.32 Å². The Balaban J connectivity index is 2.06. The van der Waals surface area contributed by atoms with Crippen LogP contribution in [0.25, 0.3) is 0 Å². The average Bonchev–Trinajstić information content (AvgIpc) is 2.79. The van der Waals surface area contributed by atoms with E-state index in [1.807, 2.05) is 25.2 Å². The number of anilines is 2. The summed E-state index contributed by atoms with van der Waals surface area (Å²) < 4.78 is 0. The maximum absolute atomic E-state index is 11.6. The second kappa shape index (κ2) is 5.84. The maximum atomic E-state index is 11.6. The van der Waals surface area contributed by atoms with E-state index in [0.29, 0.717) is 13.0 Å². The molecule has 0 unspecified atom stereocenters. The number of nitrogens with one attached hydrogen (secondary N) is 2. The van der Waals surface area contributed by atoms with Gasteiger partial charge in [0, 0.05) is 37.8 Å². The molecule has 1 aliphatic heterocycles. The first kappa shape index (κ1) is 13.5. The lowest BCUT2D eigenvalue weighted by Crippen LogP contribution is -2.25. The molecule has 2 rings (SSSR count). The summed E-state index contributed by atoms with van der Waals surface area (Å²) in [5.74, 6) is 0.0558. The Morgan fingerprint density at radius 1 is 1.37 bits per heavy atom. The van der Waals surface area contributed by atoms with E-state index < -0.39 is 0 Å². The molecule has 5 nitrogen and oxygen atoms in total. The van der Waals surface area contributed by atoms with Gasteiger partial charge in [-0.15, -0.1) is 0 Å². The molecule has 0 saturated heterocycles. The van der Waals surface area contributed by atoms with Crippen LogP contribution in [0.4, 0.5) is 11.4 Å². The third kappa shape index (κ3) is 3.12. The highest BCUT2D eigenvalue weighted by Gasteiger charge is 2.22. The molecule has 0 spiro atoms. The second-order valence-electron chi connectivity index (χ2n) is 4.67. The minimum atomic E-state index is -0.00396. The SMILES string of the molecule is CNCCC(=O)Nc1ccc2c(c1)CCN2C(C)=O. The quantitative estimate of drug-likeness (QED) is 0.854. The number of carbonyl (C=O) groups is 2. The molecule has 2 amide bonds. The molecule has 1 aliphatic rings. The Morgan fingerprint density at radius 3 is 2.84 bits per heavy atom. The number of benzene rings is 1. The van der Waals surface area contributed by atoms with E-state index in [2.05, 4.69) is 10.6 Å². The van der Waals surface area contributed by atoms with Crippen LogP contribution in [0.15, 0.2) is 18.2 Å². The molecule has 1 heterocycles. The van der Waals surface area contributed by atoms with E-state index in [1.54, 1.807) is 11.8 Å². The van der Waals surface area contributed by atoms with Crippen LogP contribution in [0, 0.1) is 0 Å². The minimum absolute atomic E-state index is 0.00396. The van der Waals surface area contributed by atoms with E-state index >= 15 is 0 Å². The lowest BCUT2D eigenvalue weighted by atomic mass is 10.1. The van der Waals surface area contributed by atoms with Crippen molar-refractivity contribution in [3.05, 3.63) is 23.8 Å². The molecule has 1 aromatic carbocycles. The van der Waals surface area contributed by atoms with Crippen molar-refractivity contribution in [3.8, 4) is 0 Å². The number of rotatable bonds is 4. The van der Waals surface area contributed by atoms with Gasteiger partial charge in [-0.1, -0.05) is 0 Å². The highest BCUT2D eigenvalue weighted by molar-refractivity contribution is 5.95. The van der Waals surface area contributed by atoms with Crippen molar-refractivity contribution < 1.29 is 9.59 Å². The van der Waals surface area contributed by atoms with Gasteiger partial charge in [-0.2, -0.15) is 0 Å². The first-order valence-corrected chi connectivity index (χ1v) is 6.47. The van der Waals surface area contributed by atoms with E-state index in [-0.39, 0.29) is 11.8 Å². The van der Waals surface area contributed by atoms with Gasteiger partial charge in [-0.25, -0.2) is 0 Å². The molecular weight excluding hydrogens is 242 g/mol. The Bertz CT molecular complexity index is 499. The normalized spacial score (nSPS) is 13.3. The second-order valence-corrected chi connectivity index (χ2v) is 4.67. The molecule has 1 aromatic rings. The van der Waals surface area contributed by atoms with Gasteiger partial charge >= 0.3 is 0 Å². The summed E-state index contributed by atoms with van der Waals surface area (Å²) in [7, 11) is 1.82. The molecular formula is C14H19N3O2. The molecule has 0 radical (unpaired) electrons. The number of hydrogen-bond donors (Lipinski definition) is 2. The van der Waals surface area contributed by atoms with E-state index in [1.165, 1.54) is 0 Å². The summed E-state index contributed by atoms with van der Waals surface area (Å²) in [5.41, 5.74) is 2.87. The minimum Gasteiger partial charge on any atom is -0.326 e. The van der Waals surface area contributed by atoms with Crippen LogP contribution in [-0.2, 0) is 16.0 Å². The fourth-order valence-corrected chi connectivity index (χ4v) is 2.27. The number of amides is 2. The third-order valence-corrected chi connectivity index (χ3v) is 3.24. The van der Waals surface area contributed by atoms with Crippen LogP contribution >= 0.6 is 0 Å². The number of fused-ring (bicyclic) bond motifs is 1. The fraction of sp³-hybridized carbons (Fsp3) is 0.429. The van der Waals surface area contributed by atoms with Crippen molar-refractivity contribution in [2.75, 3.05) is 30.4 Å². The Hall–Kier alpha value is -1.88. The topological polar surface area (TPSA) is 61.4 Å². The molecule has 2 N–H and O–H groups in total. The summed E-state index contributed by atoms with van der Waals surface area (Å²) in [6.07, 6.45) is 1.29. The van der Waals surface area contributed by atoms with E-state index in [0.717, 1.165) is 29.9 Å². The van der Waals surface area contributed by atoms with Gasteiger partial charge in [0.1, 0.15) is 0 Å². The fourth-order valence-electron chi connectivity index (χ4n) is 2.27. The van der Waals surface area contributed by atoms with Crippen LogP contribution in [-0.4, -0.2) is 32.0 Å². The maximum Gasteiger partial charge on any atom is 0.225 e. The third-order valence-electron chi connectivity index (χ3n) is 3.24. The molecule has 5 heteroatoms. The molecule has 19 heavy (non-hydrogen) atoms. The van der Waals surface area contributed by atoms with Gasteiger partial charge in [0.15, 0.2) is 0 Å². The molecule has 0 atom stereocenters. The summed E-state index contributed by atoms with van der Waals surface area (Å²) in [6.45, 7) is 2.96. The molecule has 102 valence electrons. The Labute approximate surface area is 113 Å². The number of hydrogen-bond acceptors (Lipinski definition) is 3. The molecule has 0 saturated carbocycles. The van der Waals surface area contributed by atoms with E-state index in [9.17, 15) is 9.59 Å². The van der Waals surface area contributed by atoms with Gasteiger partial charge in [0.05, 0.1) is 0 Å². The number of carbonyl (C=O) groups excluding carboxylic acids is 2. The van der Waals surface area contributed by atoms with Gasteiger partial charge in [0.25, 0.3) is 0 Å². The van der Waals surface area contributed by atoms with Crippen molar-refractivity contribution in [2.45, 2.75) is 19.8 Å². The first-order valence-electron chi connectivity index (χ1n) is 6.47. The lowest BCUT2D eigenvalue weighted by Gasteiger charge is -2.15. The standard InChI is InChI=1S/C14H19N3O2/c1-10(18)17-8-6-11-9-12(3-4-13(11)17)16-14(19)5-7-15-2/h3-4,9,15H,5-8H2,1-2H3,(H,16,19). The van der Waals surface area contributed by atoms with Crippen molar-refractivity contribution >= 4 is 23.2 Å². The van der Waals surface area contributed by atoms with Crippen molar-refractivity contribution in [3.63, 3.8) is 0 Å². The van der Waals surface area contributed by atoms with Gasteiger partial charge < -0.3 is 15.5 Å². The van der Waals surface area contributed by atoms with E-state index in [4.69, 9.17) is 0 Å². The monoisotopic (exact) mass is 261 g/mol. The van der Waals surface area contributed by atoms with Gasteiger partial charge in [-0.3, -0.25) is 9.59 Å². The summed E-state index contributed by atoms with van der Waals surface area (Å²) in [4.78, 5) is 24.8. The molecule has 0 aliphatic carbocycles. The van der Waals surface area contributed by atoms with Crippen LogP contribution in [0.5, 0.6) is 0 Å². The predicted molar refractivity (Wildman–Crippen MR) is 75.3 cm³/mol. The highest BCUT2D eigenvalue weighted by atomic mass is 16.2. The zero-order valence-electron chi connectivity index (χ0n) is 11.3. The first-order chi connectivity index (χ1) is 9.11. The highest BCUT2D eigenvalue weighted by Crippen LogP contribution is 2.30. The summed E-state index contributed by atoms with van der Waals surface area (Å²) in [6, 6.07) is 5.70. The Morgan fingerprint density at radius 2 is 2.16 bits per heavy atom. The van der Waals surface area contributed by atoms with Crippen molar-refractivity contribution in [1.29, 1.82) is 0 Å². The zero-order chi connectivity index (χ0) is 13.8. The Kier molecular flexibility index (Phi) is 4.16. The average molecular weight is 261 g/mol. The molecule has 0 fully saturated rings. The van der Waals surface area contributed by atoms with Crippen LogP contribution in [0.2, 0.25) is 0 Å². The largest absolute Gasteiger partial charge is 0.326 e. The summed E-state index contributed by atoms with van der Waals surface area (Å²) >= 11 is 0.